The fraction of sp³-hybridized carbons (Fsp3) is 0.150. The topological polar surface area (TPSA) is 83.0 Å². The summed E-state index contributed by atoms with van der Waals surface area (Å²) in [7, 11) is 0. The molecule has 31 heavy (non-hydrogen) atoms. The summed E-state index contributed by atoms with van der Waals surface area (Å²) >= 11 is 13.5. The lowest BCUT2D eigenvalue weighted by molar-refractivity contribution is 0.304. The molecule has 0 N–H and O–H groups in total. The first kappa shape index (κ1) is 19.9. The second-order valence-corrected chi connectivity index (χ2v) is 8.73. The molecule has 5 aromatic rings. The molecule has 156 valence electrons. The molecule has 0 radical (unpaired) electrons. The number of nitrogens with zero attached hydrogens (tertiary/aromatic N) is 7. The zero-order chi connectivity index (χ0) is 21.5. The highest BCUT2D eigenvalue weighted by Gasteiger charge is 2.20. The van der Waals surface area contributed by atoms with Crippen molar-refractivity contribution in [3.05, 3.63) is 68.8 Å². The molecule has 0 aliphatic carbocycles. The first-order valence-corrected chi connectivity index (χ1v) is 10.9. The minimum absolute atomic E-state index is 0.240. The van der Waals surface area contributed by atoms with Gasteiger partial charge in [0, 0.05) is 5.02 Å². The number of aromatic nitrogens is 7. The van der Waals surface area contributed by atoms with Crippen LogP contribution in [0.2, 0.25) is 10.0 Å². The largest absolute Gasteiger partial charge is 0.485 e. The van der Waals surface area contributed by atoms with Crippen LogP contribution < -0.4 is 4.74 Å². The Hall–Kier alpha value is -3.01. The lowest BCUT2D eigenvalue weighted by atomic mass is 10.2. The van der Waals surface area contributed by atoms with E-state index < -0.39 is 0 Å². The average molecular weight is 472 g/mol. The molecule has 0 bridgehead atoms. The predicted molar refractivity (Wildman–Crippen MR) is 119 cm³/mol. The van der Waals surface area contributed by atoms with Gasteiger partial charge in [-0.3, -0.25) is 0 Å². The van der Waals surface area contributed by atoms with Crippen LogP contribution in [0.25, 0.3) is 22.2 Å². The van der Waals surface area contributed by atoms with Crippen molar-refractivity contribution in [2.24, 2.45) is 0 Å². The molecule has 11 heteroatoms. The lowest BCUT2D eigenvalue weighted by Crippen LogP contribution is -2.00. The third-order valence-electron chi connectivity index (χ3n) is 4.66. The van der Waals surface area contributed by atoms with Gasteiger partial charge in [0.25, 0.3) is 0 Å². The van der Waals surface area contributed by atoms with E-state index in [0.29, 0.717) is 32.3 Å². The molecule has 0 fully saturated rings. The molecular weight excluding hydrogens is 457 g/mol. The average Bonchev–Trinajstić information content (AvgIpc) is 3.42. The minimum atomic E-state index is 0.240. The van der Waals surface area contributed by atoms with E-state index in [1.807, 2.05) is 38.1 Å². The van der Waals surface area contributed by atoms with Crippen molar-refractivity contribution in [2.75, 3.05) is 0 Å². The normalized spacial score (nSPS) is 11.4. The Balaban J connectivity index is 1.43. The van der Waals surface area contributed by atoms with Gasteiger partial charge in [-0.2, -0.15) is 9.61 Å². The maximum Gasteiger partial charge on any atom is 0.235 e. The molecule has 0 spiro atoms. The molecule has 0 unspecified atom stereocenters. The summed E-state index contributed by atoms with van der Waals surface area (Å²) in [6.07, 6.45) is 0. The monoisotopic (exact) mass is 471 g/mol. The maximum atomic E-state index is 6.17. The Bertz CT molecular complexity index is 1390. The molecule has 0 saturated heterocycles. The second-order valence-electron chi connectivity index (χ2n) is 6.85. The van der Waals surface area contributed by atoms with Gasteiger partial charge in [-0.25, -0.2) is 4.68 Å². The standard InChI is InChI=1S/C20H15Cl2N7OS/c1-11-3-6-14(7-4-11)28-12(2)18(23-27-28)19-24-25-20-29(19)26-17(31-20)10-30-16-8-5-13(21)9-15(16)22/h3-9H,10H2,1-2H3. The van der Waals surface area contributed by atoms with Crippen molar-refractivity contribution in [2.45, 2.75) is 20.5 Å². The van der Waals surface area contributed by atoms with Gasteiger partial charge in [0.15, 0.2) is 10.7 Å². The van der Waals surface area contributed by atoms with Crippen molar-refractivity contribution in [3.8, 4) is 23.0 Å². The van der Waals surface area contributed by atoms with E-state index in [9.17, 15) is 0 Å². The zero-order valence-electron chi connectivity index (χ0n) is 16.5. The molecule has 0 aliphatic heterocycles. The molecule has 8 nitrogen and oxygen atoms in total. The number of halogens is 2. The van der Waals surface area contributed by atoms with E-state index in [1.54, 1.807) is 27.4 Å². The van der Waals surface area contributed by atoms with Crippen LogP contribution in [0.4, 0.5) is 0 Å². The number of aryl methyl sites for hydroxylation is 1. The molecule has 0 amide bonds. The van der Waals surface area contributed by atoms with E-state index in [1.165, 1.54) is 16.9 Å². The third-order valence-corrected chi connectivity index (χ3v) is 6.07. The van der Waals surface area contributed by atoms with Gasteiger partial charge < -0.3 is 4.74 Å². The van der Waals surface area contributed by atoms with Gasteiger partial charge in [0.1, 0.15) is 12.4 Å². The Morgan fingerprint density at radius 3 is 2.58 bits per heavy atom. The van der Waals surface area contributed by atoms with Crippen molar-refractivity contribution in [1.82, 2.24) is 34.8 Å². The number of rotatable bonds is 5. The molecule has 3 aromatic heterocycles. The maximum absolute atomic E-state index is 6.17. The highest BCUT2D eigenvalue weighted by atomic mass is 35.5. The Labute approximate surface area is 191 Å². The lowest BCUT2D eigenvalue weighted by Gasteiger charge is -2.05. The Morgan fingerprint density at radius 1 is 1.00 bits per heavy atom. The van der Waals surface area contributed by atoms with Gasteiger partial charge in [0.05, 0.1) is 16.4 Å². The zero-order valence-corrected chi connectivity index (χ0v) is 18.8. The van der Waals surface area contributed by atoms with Crippen LogP contribution in [0.5, 0.6) is 5.75 Å². The predicted octanol–water partition coefficient (Wildman–Crippen LogP) is 4.94. The van der Waals surface area contributed by atoms with Crippen molar-refractivity contribution >= 4 is 39.5 Å². The third kappa shape index (κ3) is 3.76. The van der Waals surface area contributed by atoms with Crippen LogP contribution in [-0.4, -0.2) is 34.8 Å². The molecule has 3 heterocycles. The number of ether oxygens (including phenoxy) is 1. The summed E-state index contributed by atoms with van der Waals surface area (Å²) in [4.78, 5) is 0.639. The highest BCUT2D eigenvalue weighted by molar-refractivity contribution is 7.16. The number of benzene rings is 2. The molecule has 0 atom stereocenters. The smallest absolute Gasteiger partial charge is 0.235 e. The van der Waals surface area contributed by atoms with E-state index in [4.69, 9.17) is 27.9 Å². The SMILES string of the molecule is Cc1ccc(-n2nnc(-c3nnc4sc(COc5ccc(Cl)cc5Cl)nn34)c2C)cc1. The van der Waals surface area contributed by atoms with Crippen molar-refractivity contribution < 1.29 is 4.74 Å². The van der Waals surface area contributed by atoms with Gasteiger partial charge in [-0.15, -0.1) is 15.3 Å². The highest BCUT2D eigenvalue weighted by Crippen LogP contribution is 2.29. The fourth-order valence-electron chi connectivity index (χ4n) is 3.06. The van der Waals surface area contributed by atoms with Crippen LogP contribution in [0.1, 0.15) is 16.3 Å². The summed E-state index contributed by atoms with van der Waals surface area (Å²) in [5.41, 5.74) is 3.57. The van der Waals surface area contributed by atoms with Crippen molar-refractivity contribution in [1.29, 1.82) is 0 Å². The van der Waals surface area contributed by atoms with E-state index in [-0.39, 0.29) is 6.61 Å². The number of fused-ring (bicyclic) bond motifs is 1. The number of hydrogen-bond acceptors (Lipinski definition) is 7. The molecule has 0 aliphatic rings. The summed E-state index contributed by atoms with van der Waals surface area (Å²) in [6, 6.07) is 13.1. The van der Waals surface area contributed by atoms with E-state index >= 15 is 0 Å². The van der Waals surface area contributed by atoms with E-state index in [0.717, 1.165) is 16.4 Å². The van der Waals surface area contributed by atoms with Crippen LogP contribution in [0.3, 0.4) is 0 Å². The molecule has 0 saturated carbocycles. The fourth-order valence-corrected chi connectivity index (χ4v) is 4.27. The van der Waals surface area contributed by atoms with E-state index in [2.05, 4.69) is 25.6 Å². The first-order valence-electron chi connectivity index (χ1n) is 9.28. The summed E-state index contributed by atoms with van der Waals surface area (Å²) in [5.74, 6) is 1.06. The van der Waals surface area contributed by atoms with Crippen molar-refractivity contribution in [3.63, 3.8) is 0 Å². The minimum Gasteiger partial charge on any atom is -0.485 e. The Morgan fingerprint density at radius 2 is 1.81 bits per heavy atom. The van der Waals surface area contributed by atoms with Crippen LogP contribution in [0, 0.1) is 13.8 Å². The summed E-state index contributed by atoms with van der Waals surface area (Å²) < 4.78 is 9.21. The van der Waals surface area contributed by atoms with Crippen LogP contribution in [0.15, 0.2) is 42.5 Å². The molecule has 2 aromatic carbocycles. The molecular formula is C20H15Cl2N7OS. The number of hydrogen-bond donors (Lipinski definition) is 0. The first-order chi connectivity index (χ1) is 15.0. The van der Waals surface area contributed by atoms with Crippen LogP contribution >= 0.6 is 34.5 Å². The van der Waals surface area contributed by atoms with Gasteiger partial charge in [0.2, 0.25) is 10.8 Å². The van der Waals surface area contributed by atoms with Gasteiger partial charge >= 0.3 is 0 Å². The van der Waals surface area contributed by atoms with Gasteiger partial charge in [-0.05, 0) is 44.2 Å². The summed E-state index contributed by atoms with van der Waals surface area (Å²) in [6.45, 7) is 4.22. The quantitative estimate of drug-likeness (QED) is 0.361. The second kappa shape index (κ2) is 7.92. The van der Waals surface area contributed by atoms with Crippen LogP contribution in [-0.2, 0) is 6.61 Å². The summed E-state index contributed by atoms with van der Waals surface area (Å²) in [5, 5.41) is 23.4. The molecule has 5 rings (SSSR count). The van der Waals surface area contributed by atoms with Gasteiger partial charge in [-0.1, -0.05) is 57.4 Å². The Kier molecular flexibility index (Phi) is 5.09.